The molecule has 5 heteroatoms. The van der Waals surface area contributed by atoms with Crippen molar-refractivity contribution in [1.29, 1.82) is 0 Å². The lowest BCUT2D eigenvalue weighted by molar-refractivity contribution is 0.570. The van der Waals surface area contributed by atoms with E-state index in [0.29, 0.717) is 24.5 Å². The molecular weight excluding hydrogens is 236 g/mol. The van der Waals surface area contributed by atoms with E-state index in [1.807, 2.05) is 13.8 Å². The van der Waals surface area contributed by atoms with Crippen LogP contribution in [0.25, 0.3) is 0 Å². The van der Waals surface area contributed by atoms with Crippen LogP contribution < -0.4 is 10.6 Å². The molecule has 0 atom stereocenters. The molecule has 0 bridgehead atoms. The zero-order chi connectivity index (χ0) is 13.5. The van der Waals surface area contributed by atoms with E-state index in [2.05, 4.69) is 15.6 Å². The van der Waals surface area contributed by atoms with E-state index in [0.717, 1.165) is 6.07 Å². The molecule has 0 radical (unpaired) electrons. The van der Waals surface area contributed by atoms with Crippen LogP contribution in [0.4, 0.5) is 8.78 Å². The van der Waals surface area contributed by atoms with Crippen molar-refractivity contribution in [3.63, 3.8) is 0 Å². The fraction of sp³-hybridized carbons (Fsp3) is 0.462. The molecule has 0 saturated heterocycles. The topological polar surface area (TPSA) is 36.4 Å². The molecule has 0 aliphatic heterocycles. The summed E-state index contributed by atoms with van der Waals surface area (Å²) in [7, 11) is 1.68. The van der Waals surface area contributed by atoms with Crippen molar-refractivity contribution in [3.8, 4) is 0 Å². The summed E-state index contributed by atoms with van der Waals surface area (Å²) in [6.45, 7) is 4.55. The number of halogens is 2. The number of nitrogens with zero attached hydrogens (tertiary/aromatic N) is 1. The highest BCUT2D eigenvalue weighted by atomic mass is 19.1. The molecule has 2 N–H and O–H groups in total. The van der Waals surface area contributed by atoms with Crippen LogP contribution in [0.3, 0.4) is 0 Å². The highest BCUT2D eigenvalue weighted by Crippen LogP contribution is 2.09. The molecule has 1 rings (SSSR count). The van der Waals surface area contributed by atoms with E-state index in [4.69, 9.17) is 0 Å². The third-order valence-electron chi connectivity index (χ3n) is 2.35. The predicted octanol–water partition coefficient (Wildman–Crippen LogP) is 2.08. The standard InChI is InChI=1S/C13H19F2N3/c1-9(2)18-13(16-3)17-7-6-10-4-5-11(14)8-12(10)15/h4-5,8-9H,6-7H2,1-3H3,(H2,16,17,18). The summed E-state index contributed by atoms with van der Waals surface area (Å²) < 4.78 is 26.1. The van der Waals surface area contributed by atoms with E-state index in [1.54, 1.807) is 7.05 Å². The molecule has 100 valence electrons. The maximum absolute atomic E-state index is 13.4. The lowest BCUT2D eigenvalue weighted by Crippen LogP contribution is -2.41. The maximum atomic E-state index is 13.4. The van der Waals surface area contributed by atoms with Crippen molar-refractivity contribution in [2.75, 3.05) is 13.6 Å². The quantitative estimate of drug-likeness (QED) is 0.638. The number of rotatable bonds is 4. The van der Waals surface area contributed by atoms with Crippen LogP contribution in [0.5, 0.6) is 0 Å². The van der Waals surface area contributed by atoms with Gasteiger partial charge in [0.1, 0.15) is 11.6 Å². The van der Waals surface area contributed by atoms with E-state index in [9.17, 15) is 8.78 Å². The minimum atomic E-state index is -0.554. The normalized spacial score (nSPS) is 11.8. The van der Waals surface area contributed by atoms with Gasteiger partial charge in [-0.3, -0.25) is 4.99 Å². The Morgan fingerprint density at radius 3 is 2.61 bits per heavy atom. The molecule has 0 fully saturated rings. The molecule has 3 nitrogen and oxygen atoms in total. The lowest BCUT2D eigenvalue weighted by Gasteiger charge is -2.14. The first-order chi connectivity index (χ1) is 8.52. The van der Waals surface area contributed by atoms with Crippen molar-refractivity contribution < 1.29 is 8.78 Å². The van der Waals surface area contributed by atoms with E-state index in [1.165, 1.54) is 12.1 Å². The summed E-state index contributed by atoms with van der Waals surface area (Å²) in [5, 5.41) is 6.19. The molecule has 1 aromatic carbocycles. The summed E-state index contributed by atoms with van der Waals surface area (Å²) in [6, 6.07) is 3.90. The second-order valence-electron chi connectivity index (χ2n) is 4.28. The van der Waals surface area contributed by atoms with E-state index in [-0.39, 0.29) is 6.04 Å². The van der Waals surface area contributed by atoms with Gasteiger partial charge < -0.3 is 10.6 Å². The Kier molecular flexibility index (Phi) is 5.55. The van der Waals surface area contributed by atoms with Gasteiger partial charge in [0.15, 0.2) is 5.96 Å². The predicted molar refractivity (Wildman–Crippen MR) is 69.7 cm³/mol. The Morgan fingerprint density at radius 2 is 2.06 bits per heavy atom. The van der Waals surface area contributed by atoms with Crippen molar-refractivity contribution >= 4 is 5.96 Å². The monoisotopic (exact) mass is 255 g/mol. The Bertz CT molecular complexity index is 417. The Balaban J connectivity index is 2.46. The number of guanidine groups is 1. The van der Waals surface area contributed by atoms with Crippen LogP contribution in [0.2, 0.25) is 0 Å². The average molecular weight is 255 g/mol. The molecule has 0 aliphatic carbocycles. The van der Waals surface area contributed by atoms with Crippen LogP contribution in [0, 0.1) is 11.6 Å². The van der Waals surface area contributed by atoms with Crippen LogP contribution in [-0.2, 0) is 6.42 Å². The summed E-state index contributed by atoms with van der Waals surface area (Å²) in [5.41, 5.74) is 0.490. The van der Waals surface area contributed by atoms with Crippen molar-refractivity contribution in [1.82, 2.24) is 10.6 Å². The summed E-state index contributed by atoms with van der Waals surface area (Å²) in [6.07, 6.45) is 0.477. The first-order valence-electron chi connectivity index (χ1n) is 5.94. The third-order valence-corrected chi connectivity index (χ3v) is 2.35. The molecule has 1 aromatic rings. The molecule has 0 saturated carbocycles. The number of benzene rings is 1. The van der Waals surface area contributed by atoms with Crippen LogP contribution in [0.15, 0.2) is 23.2 Å². The highest BCUT2D eigenvalue weighted by Gasteiger charge is 2.04. The molecule has 0 amide bonds. The van der Waals surface area contributed by atoms with Crippen LogP contribution in [-0.4, -0.2) is 25.6 Å². The van der Waals surface area contributed by atoms with Crippen LogP contribution >= 0.6 is 0 Å². The number of nitrogens with one attached hydrogen (secondary N) is 2. The number of hydrogen-bond donors (Lipinski definition) is 2. The van der Waals surface area contributed by atoms with Gasteiger partial charge in [-0.25, -0.2) is 8.78 Å². The molecule has 0 aliphatic rings. The smallest absolute Gasteiger partial charge is 0.191 e. The van der Waals surface area contributed by atoms with Crippen molar-refractivity contribution in [3.05, 3.63) is 35.4 Å². The fourth-order valence-corrected chi connectivity index (χ4v) is 1.51. The van der Waals surface area contributed by atoms with Crippen molar-refractivity contribution in [2.45, 2.75) is 26.3 Å². The summed E-state index contributed by atoms with van der Waals surface area (Å²) >= 11 is 0. The Hall–Kier alpha value is -1.65. The fourth-order valence-electron chi connectivity index (χ4n) is 1.51. The first kappa shape index (κ1) is 14.4. The summed E-state index contributed by atoms with van der Waals surface area (Å²) in [4.78, 5) is 4.04. The third kappa shape index (κ3) is 4.69. The minimum absolute atomic E-state index is 0.277. The molecule has 0 heterocycles. The van der Waals surface area contributed by atoms with Gasteiger partial charge in [0.05, 0.1) is 0 Å². The number of aliphatic imine (C=N–C) groups is 1. The van der Waals surface area contributed by atoms with Gasteiger partial charge >= 0.3 is 0 Å². The van der Waals surface area contributed by atoms with Gasteiger partial charge in [-0.2, -0.15) is 0 Å². The molecule has 0 spiro atoms. The van der Waals surface area contributed by atoms with Crippen LogP contribution in [0.1, 0.15) is 19.4 Å². The minimum Gasteiger partial charge on any atom is -0.356 e. The zero-order valence-corrected chi connectivity index (χ0v) is 10.9. The van der Waals surface area contributed by atoms with Gasteiger partial charge in [0, 0.05) is 25.7 Å². The van der Waals surface area contributed by atoms with E-state index < -0.39 is 11.6 Å². The van der Waals surface area contributed by atoms with Gasteiger partial charge in [0.2, 0.25) is 0 Å². The van der Waals surface area contributed by atoms with Gasteiger partial charge in [-0.15, -0.1) is 0 Å². The maximum Gasteiger partial charge on any atom is 0.191 e. The van der Waals surface area contributed by atoms with Gasteiger partial charge in [-0.1, -0.05) is 6.07 Å². The highest BCUT2D eigenvalue weighted by molar-refractivity contribution is 5.79. The van der Waals surface area contributed by atoms with Crippen molar-refractivity contribution in [2.24, 2.45) is 4.99 Å². The molecule has 0 aromatic heterocycles. The van der Waals surface area contributed by atoms with Gasteiger partial charge in [-0.05, 0) is 31.9 Å². The van der Waals surface area contributed by atoms with E-state index >= 15 is 0 Å². The molecular formula is C13H19F2N3. The second kappa shape index (κ2) is 6.93. The number of hydrogen-bond acceptors (Lipinski definition) is 1. The second-order valence-corrected chi connectivity index (χ2v) is 4.28. The summed E-state index contributed by atoms with van der Waals surface area (Å²) in [5.74, 6) is -0.391. The molecule has 0 unspecified atom stereocenters. The Labute approximate surface area is 106 Å². The first-order valence-corrected chi connectivity index (χ1v) is 5.94. The van der Waals surface area contributed by atoms with Gasteiger partial charge in [0.25, 0.3) is 0 Å². The zero-order valence-electron chi connectivity index (χ0n) is 10.9. The SMILES string of the molecule is CN=C(NCCc1ccc(F)cc1F)NC(C)C. The lowest BCUT2D eigenvalue weighted by atomic mass is 10.1. The average Bonchev–Trinajstić information content (AvgIpc) is 2.30. The largest absolute Gasteiger partial charge is 0.356 e. The molecule has 18 heavy (non-hydrogen) atoms. The Morgan fingerprint density at radius 1 is 1.33 bits per heavy atom.